The molecule has 2 rings (SSSR count). The third kappa shape index (κ3) is 3.83. The van der Waals surface area contributed by atoms with Crippen LogP contribution >= 0.6 is 0 Å². The highest BCUT2D eigenvalue weighted by Crippen LogP contribution is 2.21. The van der Waals surface area contributed by atoms with Crippen LogP contribution in [-0.2, 0) is 6.42 Å². The van der Waals surface area contributed by atoms with E-state index in [9.17, 15) is 0 Å². The van der Waals surface area contributed by atoms with Crippen molar-refractivity contribution in [3.63, 3.8) is 0 Å². The Labute approximate surface area is 115 Å². The molecule has 1 atom stereocenters. The second kappa shape index (κ2) is 6.95. The fraction of sp³-hybridized carbons (Fsp3) is 0.294. The third-order valence-electron chi connectivity index (χ3n) is 3.22. The predicted molar refractivity (Wildman–Crippen MR) is 79.6 cm³/mol. The normalized spacial score (nSPS) is 12.1. The van der Waals surface area contributed by atoms with Crippen molar-refractivity contribution in [1.29, 1.82) is 0 Å². The maximum Gasteiger partial charge on any atom is 0.119 e. The van der Waals surface area contributed by atoms with Gasteiger partial charge in [0.15, 0.2) is 0 Å². The van der Waals surface area contributed by atoms with E-state index in [0.717, 1.165) is 12.2 Å². The van der Waals surface area contributed by atoms with Crippen LogP contribution in [-0.4, -0.2) is 13.7 Å². The van der Waals surface area contributed by atoms with Crippen molar-refractivity contribution in [2.75, 3.05) is 13.7 Å². The van der Waals surface area contributed by atoms with E-state index < -0.39 is 0 Å². The fourth-order valence-electron chi connectivity index (χ4n) is 2.20. The molecule has 0 aliphatic carbocycles. The van der Waals surface area contributed by atoms with E-state index in [-0.39, 0.29) is 0 Å². The highest BCUT2D eigenvalue weighted by molar-refractivity contribution is 5.30. The summed E-state index contributed by atoms with van der Waals surface area (Å²) in [7, 11) is 2.00. The van der Waals surface area contributed by atoms with Crippen LogP contribution in [0.3, 0.4) is 0 Å². The summed E-state index contributed by atoms with van der Waals surface area (Å²) in [5.41, 5.74) is 2.63. The van der Waals surface area contributed by atoms with Crippen LogP contribution in [0.4, 0.5) is 0 Å². The summed E-state index contributed by atoms with van der Waals surface area (Å²) in [6, 6.07) is 19.2. The van der Waals surface area contributed by atoms with Crippen molar-refractivity contribution in [2.45, 2.75) is 19.4 Å². The second-order valence-corrected chi connectivity index (χ2v) is 4.53. The smallest absolute Gasteiger partial charge is 0.119 e. The molecule has 0 saturated heterocycles. The quantitative estimate of drug-likeness (QED) is 0.851. The number of benzene rings is 2. The van der Waals surface area contributed by atoms with Gasteiger partial charge in [0.05, 0.1) is 6.61 Å². The van der Waals surface area contributed by atoms with E-state index in [4.69, 9.17) is 4.74 Å². The molecule has 0 bridgehead atoms. The van der Waals surface area contributed by atoms with Gasteiger partial charge in [-0.2, -0.15) is 0 Å². The van der Waals surface area contributed by atoms with E-state index >= 15 is 0 Å². The van der Waals surface area contributed by atoms with Gasteiger partial charge in [-0.3, -0.25) is 0 Å². The first-order valence-electron chi connectivity index (χ1n) is 6.77. The zero-order valence-corrected chi connectivity index (χ0v) is 11.6. The largest absolute Gasteiger partial charge is 0.494 e. The first-order valence-corrected chi connectivity index (χ1v) is 6.77. The number of nitrogens with one attached hydrogen (secondary N) is 1. The van der Waals surface area contributed by atoms with Crippen LogP contribution in [0.2, 0.25) is 0 Å². The minimum Gasteiger partial charge on any atom is -0.494 e. The Morgan fingerprint density at radius 3 is 2.26 bits per heavy atom. The Bertz CT molecular complexity index is 478. The molecule has 0 radical (unpaired) electrons. The zero-order chi connectivity index (χ0) is 13.5. The summed E-state index contributed by atoms with van der Waals surface area (Å²) in [6.07, 6.45) is 0.991. The van der Waals surface area contributed by atoms with Gasteiger partial charge in [-0.15, -0.1) is 0 Å². The number of ether oxygens (including phenoxy) is 1. The molecule has 0 saturated carbocycles. The van der Waals surface area contributed by atoms with Gasteiger partial charge in [-0.05, 0) is 43.7 Å². The molecular formula is C17H21NO. The zero-order valence-electron chi connectivity index (χ0n) is 11.6. The highest BCUT2D eigenvalue weighted by Gasteiger charge is 2.09. The molecule has 0 spiro atoms. The first kappa shape index (κ1) is 13.6. The van der Waals surface area contributed by atoms with Crippen LogP contribution in [0.15, 0.2) is 54.6 Å². The average Bonchev–Trinajstić information content (AvgIpc) is 2.47. The van der Waals surface area contributed by atoms with Crippen LogP contribution in [0.25, 0.3) is 0 Å². The van der Waals surface area contributed by atoms with Crippen molar-refractivity contribution in [3.8, 4) is 5.75 Å². The van der Waals surface area contributed by atoms with Gasteiger partial charge in [-0.1, -0.05) is 42.5 Å². The summed E-state index contributed by atoms with van der Waals surface area (Å²) in [6.45, 7) is 2.71. The minimum atomic E-state index is 0.332. The van der Waals surface area contributed by atoms with Gasteiger partial charge in [0.25, 0.3) is 0 Å². The molecule has 0 fully saturated rings. The Kier molecular flexibility index (Phi) is 4.99. The SMILES string of the molecule is CCOc1ccc(C(Cc2ccccc2)NC)cc1. The summed E-state index contributed by atoms with van der Waals surface area (Å²) in [4.78, 5) is 0. The van der Waals surface area contributed by atoms with Crippen molar-refractivity contribution in [1.82, 2.24) is 5.32 Å². The molecule has 100 valence electrons. The van der Waals surface area contributed by atoms with Crippen molar-refractivity contribution >= 4 is 0 Å². The molecule has 1 unspecified atom stereocenters. The lowest BCUT2D eigenvalue weighted by Crippen LogP contribution is -2.18. The molecule has 0 amide bonds. The molecule has 2 aromatic carbocycles. The molecule has 0 heterocycles. The monoisotopic (exact) mass is 255 g/mol. The van der Waals surface area contributed by atoms with Crippen molar-refractivity contribution in [3.05, 3.63) is 65.7 Å². The lowest BCUT2D eigenvalue weighted by molar-refractivity contribution is 0.340. The molecule has 2 aromatic rings. The Morgan fingerprint density at radius 1 is 1.00 bits per heavy atom. The first-order chi connectivity index (χ1) is 9.33. The van der Waals surface area contributed by atoms with Gasteiger partial charge in [0.2, 0.25) is 0 Å². The van der Waals surface area contributed by atoms with Gasteiger partial charge >= 0.3 is 0 Å². The van der Waals surface area contributed by atoms with E-state index in [0.29, 0.717) is 12.6 Å². The van der Waals surface area contributed by atoms with Crippen LogP contribution in [0.5, 0.6) is 5.75 Å². The molecule has 2 nitrogen and oxygen atoms in total. The fourth-order valence-corrected chi connectivity index (χ4v) is 2.20. The third-order valence-corrected chi connectivity index (χ3v) is 3.22. The van der Waals surface area contributed by atoms with E-state index in [1.807, 2.05) is 26.1 Å². The predicted octanol–water partition coefficient (Wildman–Crippen LogP) is 3.59. The van der Waals surface area contributed by atoms with Crippen LogP contribution in [0.1, 0.15) is 24.1 Å². The number of hydrogen-bond donors (Lipinski definition) is 1. The van der Waals surface area contributed by atoms with E-state index in [1.54, 1.807) is 0 Å². The second-order valence-electron chi connectivity index (χ2n) is 4.53. The molecule has 0 aliphatic heterocycles. The maximum absolute atomic E-state index is 5.47. The van der Waals surface area contributed by atoms with Gasteiger partial charge < -0.3 is 10.1 Å². The lowest BCUT2D eigenvalue weighted by Gasteiger charge is -2.17. The van der Waals surface area contributed by atoms with Crippen LogP contribution < -0.4 is 10.1 Å². The number of hydrogen-bond acceptors (Lipinski definition) is 2. The minimum absolute atomic E-state index is 0.332. The molecule has 19 heavy (non-hydrogen) atoms. The molecular weight excluding hydrogens is 234 g/mol. The van der Waals surface area contributed by atoms with Gasteiger partial charge in [-0.25, -0.2) is 0 Å². The average molecular weight is 255 g/mol. The van der Waals surface area contributed by atoms with Crippen molar-refractivity contribution < 1.29 is 4.74 Å². The Hall–Kier alpha value is -1.80. The molecule has 0 aromatic heterocycles. The summed E-state index contributed by atoms with van der Waals surface area (Å²) in [5.74, 6) is 0.931. The van der Waals surface area contributed by atoms with Crippen LogP contribution in [0, 0.1) is 0 Å². The van der Waals surface area contributed by atoms with E-state index in [2.05, 4.69) is 47.8 Å². The summed E-state index contributed by atoms with van der Waals surface area (Å²) < 4.78 is 5.47. The van der Waals surface area contributed by atoms with E-state index in [1.165, 1.54) is 11.1 Å². The topological polar surface area (TPSA) is 21.3 Å². The number of rotatable bonds is 6. The lowest BCUT2D eigenvalue weighted by atomic mass is 9.99. The van der Waals surface area contributed by atoms with Crippen molar-refractivity contribution in [2.24, 2.45) is 0 Å². The summed E-state index contributed by atoms with van der Waals surface area (Å²) in [5, 5.41) is 3.38. The Morgan fingerprint density at radius 2 is 1.68 bits per heavy atom. The Balaban J connectivity index is 2.08. The number of likely N-dealkylation sites (N-methyl/N-ethyl adjacent to an activating group) is 1. The van der Waals surface area contributed by atoms with Gasteiger partial charge in [0.1, 0.15) is 5.75 Å². The standard InChI is InChI=1S/C17H21NO/c1-3-19-16-11-9-15(10-12-16)17(18-2)13-14-7-5-4-6-8-14/h4-12,17-18H,3,13H2,1-2H3. The molecule has 1 N–H and O–H groups in total. The molecule has 2 heteroatoms. The summed E-state index contributed by atoms with van der Waals surface area (Å²) >= 11 is 0. The highest BCUT2D eigenvalue weighted by atomic mass is 16.5. The van der Waals surface area contributed by atoms with Gasteiger partial charge in [0, 0.05) is 6.04 Å². The molecule has 0 aliphatic rings. The maximum atomic E-state index is 5.47.